The molecular weight excluding hydrogens is 366 g/mol. The number of methoxy groups -OCH3 is 1. The van der Waals surface area contributed by atoms with Gasteiger partial charge in [0.25, 0.3) is 0 Å². The van der Waals surface area contributed by atoms with Crippen LogP contribution in [0, 0.1) is 5.92 Å². The number of hydrogen-bond donors (Lipinski definition) is 2. The number of fused-ring (bicyclic) bond motifs is 1. The maximum Gasteiger partial charge on any atom is 0.339 e. The third kappa shape index (κ3) is 4.21. The number of pyridine rings is 1. The van der Waals surface area contributed by atoms with Gasteiger partial charge in [-0.15, -0.1) is 5.10 Å². The minimum absolute atomic E-state index is 0.0545. The van der Waals surface area contributed by atoms with E-state index in [0.717, 1.165) is 32.1 Å². The Morgan fingerprint density at radius 1 is 1.32 bits per heavy atom. The zero-order chi connectivity index (χ0) is 20.3. The molecule has 1 aliphatic carbocycles. The SMILES string of the molecule is COC(=O)CN(C)c1cc(C(=O)O)c2nc(NC(=O)C3CCCCC3)nn2c1. The number of carboxylic acid groups (broad SMARTS) is 1. The van der Waals surface area contributed by atoms with Crippen molar-refractivity contribution in [2.75, 3.05) is 30.9 Å². The van der Waals surface area contributed by atoms with E-state index in [1.807, 2.05) is 0 Å². The predicted molar refractivity (Wildman–Crippen MR) is 100 cm³/mol. The summed E-state index contributed by atoms with van der Waals surface area (Å²) in [6.45, 7) is -0.0545. The number of nitrogens with one attached hydrogen (secondary N) is 1. The number of ether oxygens (including phenoxy) is 1. The van der Waals surface area contributed by atoms with E-state index in [1.165, 1.54) is 17.7 Å². The number of esters is 1. The molecule has 2 aromatic heterocycles. The Bertz CT molecular complexity index is 903. The van der Waals surface area contributed by atoms with Crippen molar-refractivity contribution in [2.24, 2.45) is 5.92 Å². The lowest BCUT2D eigenvalue weighted by atomic mass is 9.89. The monoisotopic (exact) mass is 389 g/mol. The minimum Gasteiger partial charge on any atom is -0.478 e. The average molecular weight is 389 g/mol. The van der Waals surface area contributed by atoms with Crippen molar-refractivity contribution in [3.63, 3.8) is 0 Å². The molecule has 0 unspecified atom stereocenters. The van der Waals surface area contributed by atoms with E-state index in [1.54, 1.807) is 18.1 Å². The van der Waals surface area contributed by atoms with Crippen molar-refractivity contribution in [2.45, 2.75) is 32.1 Å². The van der Waals surface area contributed by atoms with Gasteiger partial charge in [-0.1, -0.05) is 19.3 Å². The summed E-state index contributed by atoms with van der Waals surface area (Å²) >= 11 is 0. The summed E-state index contributed by atoms with van der Waals surface area (Å²) in [5, 5.41) is 16.4. The molecule has 1 amide bonds. The molecule has 10 nitrogen and oxygen atoms in total. The van der Waals surface area contributed by atoms with E-state index in [9.17, 15) is 19.5 Å². The zero-order valence-electron chi connectivity index (χ0n) is 15.8. The number of nitrogens with zero attached hydrogens (tertiary/aromatic N) is 4. The van der Waals surface area contributed by atoms with Crippen LogP contribution in [0.5, 0.6) is 0 Å². The molecule has 0 atom stereocenters. The predicted octanol–water partition coefficient (Wildman–Crippen LogP) is 1.56. The highest BCUT2D eigenvalue weighted by atomic mass is 16.5. The van der Waals surface area contributed by atoms with E-state index in [0.29, 0.717) is 5.69 Å². The Labute approximate surface area is 161 Å². The first kappa shape index (κ1) is 19.6. The summed E-state index contributed by atoms with van der Waals surface area (Å²) in [7, 11) is 2.91. The molecule has 1 fully saturated rings. The lowest BCUT2D eigenvalue weighted by Crippen LogP contribution is -2.27. The Hall–Kier alpha value is -3.17. The van der Waals surface area contributed by atoms with E-state index >= 15 is 0 Å². The molecule has 150 valence electrons. The van der Waals surface area contributed by atoms with Crippen molar-refractivity contribution in [1.29, 1.82) is 0 Å². The Kier molecular flexibility index (Phi) is 5.76. The van der Waals surface area contributed by atoms with E-state index in [4.69, 9.17) is 0 Å². The fraction of sp³-hybridized carbons (Fsp3) is 0.500. The number of carbonyl (C=O) groups is 3. The molecule has 2 aromatic rings. The Balaban J connectivity index is 1.88. The van der Waals surface area contributed by atoms with Gasteiger partial charge in [0.05, 0.1) is 19.0 Å². The summed E-state index contributed by atoms with van der Waals surface area (Å²) in [6, 6.07) is 1.40. The number of amides is 1. The molecule has 1 aliphatic rings. The first-order chi connectivity index (χ1) is 13.4. The highest BCUT2D eigenvalue weighted by Crippen LogP contribution is 2.25. The van der Waals surface area contributed by atoms with Crippen LogP contribution < -0.4 is 10.2 Å². The quantitative estimate of drug-likeness (QED) is 0.713. The highest BCUT2D eigenvalue weighted by Gasteiger charge is 2.23. The third-order valence-electron chi connectivity index (χ3n) is 4.90. The van der Waals surface area contributed by atoms with Gasteiger partial charge in [-0.3, -0.25) is 14.9 Å². The Morgan fingerprint density at radius 3 is 2.68 bits per heavy atom. The van der Waals surface area contributed by atoms with Crippen LogP contribution in [0.25, 0.3) is 5.65 Å². The molecule has 0 aliphatic heterocycles. The van der Waals surface area contributed by atoms with Gasteiger partial charge in [-0.2, -0.15) is 4.98 Å². The van der Waals surface area contributed by atoms with Crippen LogP contribution in [-0.2, 0) is 14.3 Å². The molecule has 0 bridgehead atoms. The maximum absolute atomic E-state index is 12.4. The zero-order valence-corrected chi connectivity index (χ0v) is 15.8. The second-order valence-electron chi connectivity index (χ2n) is 6.88. The standard InChI is InChI=1S/C18H23N5O5/c1-22(10-14(24)28-2)12-8-13(17(26)27)15-19-18(21-23(15)9-12)20-16(25)11-6-4-3-5-7-11/h8-9,11H,3-7,10H2,1-2H3,(H,26,27)(H,20,21,25). The van der Waals surface area contributed by atoms with Crippen molar-refractivity contribution < 1.29 is 24.2 Å². The summed E-state index contributed by atoms with van der Waals surface area (Å²) in [6.07, 6.45) is 6.41. The number of rotatable bonds is 6. The second kappa shape index (κ2) is 8.24. The van der Waals surface area contributed by atoms with Crippen LogP contribution in [0.3, 0.4) is 0 Å². The molecule has 0 spiro atoms. The van der Waals surface area contributed by atoms with Crippen LogP contribution in [0.1, 0.15) is 42.5 Å². The van der Waals surface area contributed by atoms with Crippen molar-refractivity contribution in [3.8, 4) is 0 Å². The van der Waals surface area contributed by atoms with Gasteiger partial charge in [0, 0.05) is 13.0 Å². The average Bonchev–Trinajstić information content (AvgIpc) is 3.09. The first-order valence-electron chi connectivity index (χ1n) is 9.11. The normalized spacial score (nSPS) is 14.6. The topological polar surface area (TPSA) is 126 Å². The van der Waals surface area contributed by atoms with Crippen LogP contribution >= 0.6 is 0 Å². The number of hydrogen-bond acceptors (Lipinski definition) is 7. The van der Waals surface area contributed by atoms with Crippen LogP contribution in [0.2, 0.25) is 0 Å². The number of aromatic carboxylic acids is 1. The molecule has 0 aromatic carbocycles. The molecule has 10 heteroatoms. The highest BCUT2D eigenvalue weighted by molar-refractivity contribution is 5.96. The van der Waals surface area contributed by atoms with Gasteiger partial charge in [-0.25, -0.2) is 9.31 Å². The second-order valence-corrected chi connectivity index (χ2v) is 6.88. The summed E-state index contributed by atoms with van der Waals surface area (Å²) in [5.41, 5.74) is 0.479. The van der Waals surface area contributed by atoms with Gasteiger partial charge in [0.15, 0.2) is 5.65 Å². The third-order valence-corrected chi connectivity index (χ3v) is 4.90. The maximum atomic E-state index is 12.4. The largest absolute Gasteiger partial charge is 0.478 e. The fourth-order valence-corrected chi connectivity index (χ4v) is 3.32. The van der Waals surface area contributed by atoms with E-state index in [-0.39, 0.29) is 35.5 Å². The van der Waals surface area contributed by atoms with Crippen LogP contribution in [-0.4, -0.2) is 58.3 Å². The molecule has 28 heavy (non-hydrogen) atoms. The number of aromatic nitrogens is 3. The van der Waals surface area contributed by atoms with Gasteiger partial charge < -0.3 is 14.7 Å². The van der Waals surface area contributed by atoms with Gasteiger partial charge >= 0.3 is 11.9 Å². The van der Waals surface area contributed by atoms with Gasteiger partial charge in [0.1, 0.15) is 12.1 Å². The smallest absolute Gasteiger partial charge is 0.339 e. The summed E-state index contributed by atoms with van der Waals surface area (Å²) < 4.78 is 5.93. The Morgan fingerprint density at radius 2 is 2.04 bits per heavy atom. The van der Waals surface area contributed by atoms with E-state index < -0.39 is 11.9 Å². The minimum atomic E-state index is -1.18. The van der Waals surface area contributed by atoms with Crippen LogP contribution in [0.15, 0.2) is 12.3 Å². The molecular formula is C18H23N5O5. The lowest BCUT2D eigenvalue weighted by molar-refractivity contribution is -0.138. The lowest BCUT2D eigenvalue weighted by Gasteiger charge is -2.19. The van der Waals surface area contributed by atoms with Crippen molar-refractivity contribution in [3.05, 3.63) is 17.8 Å². The molecule has 0 saturated heterocycles. The molecule has 2 N–H and O–H groups in total. The molecule has 1 saturated carbocycles. The molecule has 0 radical (unpaired) electrons. The van der Waals surface area contributed by atoms with Gasteiger partial charge in [0.2, 0.25) is 11.9 Å². The van der Waals surface area contributed by atoms with Crippen molar-refractivity contribution >= 4 is 35.1 Å². The summed E-state index contributed by atoms with van der Waals surface area (Å²) in [4.78, 5) is 41.3. The van der Waals surface area contributed by atoms with Crippen LogP contribution in [0.4, 0.5) is 11.6 Å². The number of carboxylic acids is 1. The summed E-state index contributed by atoms with van der Waals surface area (Å²) in [5.74, 6) is -1.79. The first-order valence-corrected chi connectivity index (χ1v) is 9.11. The van der Waals surface area contributed by atoms with Crippen molar-refractivity contribution in [1.82, 2.24) is 14.6 Å². The molecule has 2 heterocycles. The van der Waals surface area contributed by atoms with Gasteiger partial charge in [-0.05, 0) is 18.9 Å². The molecule has 3 rings (SSSR count). The fourth-order valence-electron chi connectivity index (χ4n) is 3.32. The number of likely N-dealkylation sites (N-methyl/N-ethyl adjacent to an activating group) is 1. The van der Waals surface area contributed by atoms with E-state index in [2.05, 4.69) is 20.1 Å². The number of anilines is 2. The number of carbonyl (C=O) groups excluding carboxylic acids is 2.